The van der Waals surface area contributed by atoms with E-state index in [1.807, 2.05) is 11.8 Å². The molecule has 1 amide bonds. The number of nitrogens with zero attached hydrogens (tertiary/aromatic N) is 4. The molecular formula is C16H26N4O. The molecule has 5 heteroatoms. The molecule has 1 aromatic rings. The van der Waals surface area contributed by atoms with E-state index in [2.05, 4.69) is 35.6 Å². The first-order valence-electron chi connectivity index (χ1n) is 7.95. The minimum Gasteiger partial charge on any atom is -0.341 e. The van der Waals surface area contributed by atoms with E-state index in [1.54, 1.807) is 6.07 Å². The molecule has 1 atom stereocenters. The summed E-state index contributed by atoms with van der Waals surface area (Å²) in [5, 5.41) is 0. The number of carbonyl (C=O) groups excluding carboxylic acids is 1. The summed E-state index contributed by atoms with van der Waals surface area (Å²) in [5.41, 5.74) is 1.37. The molecule has 0 bridgehead atoms. The van der Waals surface area contributed by atoms with Gasteiger partial charge in [0.15, 0.2) is 0 Å². The van der Waals surface area contributed by atoms with Gasteiger partial charge in [-0.2, -0.15) is 0 Å². The highest BCUT2D eigenvalue weighted by Gasteiger charge is 2.24. The van der Waals surface area contributed by atoms with Crippen molar-refractivity contribution in [2.75, 3.05) is 31.1 Å². The van der Waals surface area contributed by atoms with E-state index in [0.29, 0.717) is 17.6 Å². The van der Waals surface area contributed by atoms with Gasteiger partial charge in [-0.25, -0.2) is 9.97 Å². The average molecular weight is 290 g/mol. The molecule has 21 heavy (non-hydrogen) atoms. The Balaban J connectivity index is 2.24. The molecule has 1 fully saturated rings. The topological polar surface area (TPSA) is 49.3 Å². The molecule has 116 valence electrons. The second-order valence-electron chi connectivity index (χ2n) is 5.87. The zero-order valence-electron chi connectivity index (χ0n) is 13.6. The molecule has 1 unspecified atom stereocenters. The second kappa shape index (κ2) is 6.87. The Labute approximate surface area is 127 Å². The molecule has 1 aliphatic rings. The molecule has 1 saturated heterocycles. The lowest BCUT2D eigenvalue weighted by atomic mass is 10.00. The van der Waals surface area contributed by atoms with Crippen LogP contribution >= 0.6 is 0 Å². The monoisotopic (exact) mass is 290 g/mol. The summed E-state index contributed by atoms with van der Waals surface area (Å²) in [6.45, 7) is 11.6. The average Bonchev–Trinajstić information content (AvgIpc) is 2.47. The lowest BCUT2D eigenvalue weighted by Gasteiger charge is -2.31. The van der Waals surface area contributed by atoms with Crippen LogP contribution in [0.4, 0.5) is 5.95 Å². The summed E-state index contributed by atoms with van der Waals surface area (Å²) in [6.07, 6.45) is 2.29. The second-order valence-corrected chi connectivity index (χ2v) is 5.87. The van der Waals surface area contributed by atoms with Crippen LogP contribution in [-0.4, -0.2) is 47.0 Å². The third-order valence-electron chi connectivity index (χ3n) is 4.05. The highest BCUT2D eigenvalue weighted by Crippen LogP contribution is 2.18. The molecule has 0 spiro atoms. The number of aromatic nitrogens is 2. The summed E-state index contributed by atoms with van der Waals surface area (Å²) >= 11 is 0. The Bertz CT molecular complexity index is 499. The Morgan fingerprint density at radius 1 is 1.38 bits per heavy atom. The largest absolute Gasteiger partial charge is 0.341 e. The quantitative estimate of drug-likeness (QED) is 0.855. The van der Waals surface area contributed by atoms with E-state index < -0.39 is 0 Å². The van der Waals surface area contributed by atoms with Gasteiger partial charge in [-0.1, -0.05) is 6.92 Å². The van der Waals surface area contributed by atoms with Gasteiger partial charge in [0.1, 0.15) is 5.69 Å². The molecule has 0 aliphatic carbocycles. The Morgan fingerprint density at radius 3 is 2.71 bits per heavy atom. The molecular weight excluding hydrogens is 264 g/mol. The number of anilines is 1. The zero-order chi connectivity index (χ0) is 15.4. The zero-order valence-corrected chi connectivity index (χ0v) is 13.6. The van der Waals surface area contributed by atoms with E-state index in [4.69, 9.17) is 0 Å². The van der Waals surface area contributed by atoms with Gasteiger partial charge in [-0.15, -0.1) is 0 Å². The number of piperidine rings is 1. The SMILES string of the molecule is CCN(CC)c1nc(C)cc(C(=O)N2CCCC(C)C2)n1. The molecule has 1 aromatic heterocycles. The van der Waals surface area contributed by atoms with Gasteiger partial charge < -0.3 is 9.80 Å². The summed E-state index contributed by atoms with van der Waals surface area (Å²) in [7, 11) is 0. The van der Waals surface area contributed by atoms with Crippen LogP contribution in [0.25, 0.3) is 0 Å². The highest BCUT2D eigenvalue weighted by atomic mass is 16.2. The minimum atomic E-state index is 0.0421. The van der Waals surface area contributed by atoms with E-state index in [-0.39, 0.29) is 5.91 Å². The van der Waals surface area contributed by atoms with Crippen LogP contribution in [0.15, 0.2) is 6.07 Å². The van der Waals surface area contributed by atoms with Crippen molar-refractivity contribution < 1.29 is 4.79 Å². The first-order valence-corrected chi connectivity index (χ1v) is 7.95. The number of rotatable bonds is 4. The van der Waals surface area contributed by atoms with Crippen molar-refractivity contribution in [2.24, 2.45) is 5.92 Å². The maximum absolute atomic E-state index is 12.7. The summed E-state index contributed by atoms with van der Waals surface area (Å²) in [4.78, 5) is 25.6. The molecule has 5 nitrogen and oxygen atoms in total. The van der Waals surface area contributed by atoms with Crippen LogP contribution in [-0.2, 0) is 0 Å². The van der Waals surface area contributed by atoms with Gasteiger partial charge in [-0.3, -0.25) is 4.79 Å². The fourth-order valence-electron chi connectivity index (χ4n) is 2.85. The smallest absolute Gasteiger partial charge is 0.272 e. The van der Waals surface area contributed by atoms with Crippen molar-refractivity contribution in [3.05, 3.63) is 17.5 Å². The van der Waals surface area contributed by atoms with Crippen LogP contribution in [0.1, 0.15) is 49.8 Å². The number of hydrogen-bond donors (Lipinski definition) is 0. The van der Waals surface area contributed by atoms with Gasteiger partial charge in [0.2, 0.25) is 5.95 Å². The molecule has 0 radical (unpaired) electrons. The highest BCUT2D eigenvalue weighted by molar-refractivity contribution is 5.92. The molecule has 0 N–H and O–H groups in total. The lowest BCUT2D eigenvalue weighted by Crippen LogP contribution is -2.39. The third kappa shape index (κ3) is 3.71. The normalized spacial score (nSPS) is 18.7. The van der Waals surface area contributed by atoms with Crippen molar-refractivity contribution in [1.82, 2.24) is 14.9 Å². The number of likely N-dealkylation sites (tertiary alicyclic amines) is 1. The van der Waals surface area contributed by atoms with Crippen LogP contribution in [0.2, 0.25) is 0 Å². The molecule has 0 saturated carbocycles. The van der Waals surface area contributed by atoms with Gasteiger partial charge in [0, 0.05) is 31.9 Å². The van der Waals surface area contributed by atoms with E-state index in [1.165, 1.54) is 6.42 Å². The van der Waals surface area contributed by atoms with Crippen molar-refractivity contribution in [3.63, 3.8) is 0 Å². The molecule has 1 aliphatic heterocycles. The first kappa shape index (κ1) is 15.7. The molecule has 0 aromatic carbocycles. The van der Waals surface area contributed by atoms with Crippen LogP contribution in [0.3, 0.4) is 0 Å². The third-order valence-corrected chi connectivity index (χ3v) is 4.05. The Kier molecular flexibility index (Phi) is 5.15. The summed E-state index contributed by atoms with van der Waals surface area (Å²) in [6, 6.07) is 1.80. The summed E-state index contributed by atoms with van der Waals surface area (Å²) in [5.74, 6) is 1.28. The number of hydrogen-bond acceptors (Lipinski definition) is 4. The Morgan fingerprint density at radius 2 is 2.10 bits per heavy atom. The standard InChI is InChI=1S/C16H26N4O/c1-5-19(6-2)16-17-13(4)10-14(18-16)15(21)20-9-7-8-12(3)11-20/h10,12H,5-9,11H2,1-4H3. The first-order chi connectivity index (χ1) is 10.0. The fourth-order valence-corrected chi connectivity index (χ4v) is 2.85. The van der Waals surface area contributed by atoms with Crippen molar-refractivity contribution in [3.8, 4) is 0 Å². The van der Waals surface area contributed by atoms with E-state index >= 15 is 0 Å². The number of amides is 1. The van der Waals surface area contributed by atoms with Gasteiger partial charge >= 0.3 is 0 Å². The van der Waals surface area contributed by atoms with Gasteiger partial charge in [0.05, 0.1) is 0 Å². The fraction of sp³-hybridized carbons (Fsp3) is 0.688. The van der Waals surface area contributed by atoms with Gasteiger partial charge in [-0.05, 0) is 45.6 Å². The summed E-state index contributed by atoms with van der Waals surface area (Å²) < 4.78 is 0. The maximum atomic E-state index is 12.7. The van der Waals surface area contributed by atoms with Crippen LogP contribution < -0.4 is 4.90 Å². The number of aryl methyl sites for hydroxylation is 1. The van der Waals surface area contributed by atoms with E-state index in [0.717, 1.165) is 38.3 Å². The van der Waals surface area contributed by atoms with E-state index in [9.17, 15) is 4.79 Å². The van der Waals surface area contributed by atoms with Gasteiger partial charge in [0.25, 0.3) is 5.91 Å². The van der Waals surface area contributed by atoms with Crippen molar-refractivity contribution >= 4 is 11.9 Å². The predicted molar refractivity (Wildman–Crippen MR) is 84.6 cm³/mol. The van der Waals surface area contributed by atoms with Crippen molar-refractivity contribution in [1.29, 1.82) is 0 Å². The van der Waals surface area contributed by atoms with Crippen molar-refractivity contribution in [2.45, 2.75) is 40.5 Å². The minimum absolute atomic E-state index is 0.0421. The predicted octanol–water partition coefficient (Wildman–Crippen LogP) is 2.50. The molecule has 2 rings (SSSR count). The lowest BCUT2D eigenvalue weighted by molar-refractivity contribution is 0.0677. The number of carbonyl (C=O) groups is 1. The maximum Gasteiger partial charge on any atom is 0.272 e. The van der Waals surface area contributed by atoms with Crippen LogP contribution in [0, 0.1) is 12.8 Å². The Hall–Kier alpha value is -1.65. The molecule has 2 heterocycles. The van der Waals surface area contributed by atoms with Crippen LogP contribution in [0.5, 0.6) is 0 Å².